The molecule has 0 aromatic rings. The van der Waals surface area contributed by atoms with Gasteiger partial charge in [0.2, 0.25) is 0 Å². The minimum absolute atomic E-state index is 0. The molecule has 1 unspecified atom stereocenters. The molecule has 0 radical (unpaired) electrons. The van der Waals surface area contributed by atoms with Crippen LogP contribution in [-0.4, -0.2) is 18.8 Å². The van der Waals surface area contributed by atoms with Crippen LogP contribution in [-0.2, 0) is 15.0 Å². The van der Waals surface area contributed by atoms with E-state index in [1.807, 2.05) is 0 Å². The third kappa shape index (κ3) is 2.95. The predicted molar refractivity (Wildman–Crippen MR) is 24.7 cm³/mol. The van der Waals surface area contributed by atoms with E-state index >= 15 is 0 Å². The third-order valence-electron chi connectivity index (χ3n) is 0.544. The van der Waals surface area contributed by atoms with Crippen molar-refractivity contribution >= 4 is 27.8 Å². The Morgan fingerprint density at radius 2 is 1.82 bits per heavy atom. The summed E-state index contributed by atoms with van der Waals surface area (Å²) < 4.78 is 37.8. The number of halogens is 3. The molecule has 0 amide bonds. The Kier molecular flexibility index (Phi) is 4.64. The number of rotatable bonds is 2. The quantitative estimate of drug-likeness (QED) is 0.258. The van der Waals surface area contributed by atoms with Gasteiger partial charge in [-0.3, -0.25) is 0 Å². The monoisotopic (exact) mass is 200 g/mol. The van der Waals surface area contributed by atoms with Crippen molar-refractivity contribution in [1.82, 2.24) is 0 Å². The van der Waals surface area contributed by atoms with E-state index in [1.54, 1.807) is 0 Å². The van der Waals surface area contributed by atoms with Gasteiger partial charge >= 0.3 is 33.5 Å². The van der Waals surface area contributed by atoms with Crippen molar-refractivity contribution in [3.8, 4) is 0 Å². The maximum Gasteiger partial charge on any atom is 1.00 e. The van der Waals surface area contributed by atoms with Crippen LogP contribution in [0.4, 0.5) is 8.28 Å². The largest absolute Gasteiger partial charge is 1.00 e. The summed E-state index contributed by atoms with van der Waals surface area (Å²) in [6.07, 6.45) is 0. The topological polar surface area (TPSA) is 74.3 Å². The van der Waals surface area contributed by atoms with Crippen LogP contribution in [0.25, 0.3) is 0 Å². The molecule has 0 heterocycles. The SMILES string of the molecule is O=C([O-])C(F)(Cl)S(=O)(=O)F.[Li+]. The van der Waals surface area contributed by atoms with Gasteiger partial charge in [-0.25, -0.2) is 0 Å². The summed E-state index contributed by atoms with van der Waals surface area (Å²) in [5, 5.41) is 9.43. The molecular formula is C2ClF2LiO4S. The van der Waals surface area contributed by atoms with E-state index < -0.39 is 20.7 Å². The van der Waals surface area contributed by atoms with Crippen molar-refractivity contribution in [3.05, 3.63) is 0 Å². The second-order valence-corrected chi connectivity index (χ2v) is 3.43. The number of carbonyl (C=O) groups is 1. The molecule has 0 rings (SSSR count). The number of alkyl halides is 2. The molecular weight excluding hydrogens is 200 g/mol. The maximum atomic E-state index is 11.9. The summed E-state index contributed by atoms with van der Waals surface area (Å²) in [4.78, 5) is 9.43. The van der Waals surface area contributed by atoms with Crippen molar-refractivity contribution in [2.75, 3.05) is 0 Å². The molecule has 4 nitrogen and oxygen atoms in total. The van der Waals surface area contributed by atoms with Crippen LogP contribution >= 0.6 is 11.6 Å². The molecule has 0 aliphatic rings. The molecule has 1 atom stereocenters. The summed E-state index contributed by atoms with van der Waals surface area (Å²) >= 11 is 4.06. The van der Waals surface area contributed by atoms with E-state index in [4.69, 9.17) is 0 Å². The molecule has 11 heavy (non-hydrogen) atoms. The van der Waals surface area contributed by atoms with Crippen molar-refractivity contribution in [3.63, 3.8) is 0 Å². The zero-order valence-corrected chi connectivity index (χ0v) is 6.75. The van der Waals surface area contributed by atoms with Crippen molar-refractivity contribution in [1.29, 1.82) is 0 Å². The Morgan fingerprint density at radius 1 is 1.55 bits per heavy atom. The van der Waals surface area contributed by atoms with Crippen molar-refractivity contribution < 1.29 is 45.5 Å². The molecule has 0 aliphatic carbocycles. The second-order valence-electron chi connectivity index (χ2n) is 1.24. The first kappa shape index (κ1) is 13.7. The summed E-state index contributed by atoms with van der Waals surface area (Å²) in [6, 6.07) is 0. The van der Waals surface area contributed by atoms with Gasteiger partial charge in [0.05, 0.1) is 0 Å². The van der Waals surface area contributed by atoms with Gasteiger partial charge in [-0.05, 0) is 0 Å². The molecule has 0 saturated carbocycles. The summed E-state index contributed by atoms with van der Waals surface area (Å²) in [5.74, 6) is -2.85. The third-order valence-corrected chi connectivity index (χ3v) is 2.03. The molecule has 0 aliphatic heterocycles. The zero-order chi connectivity index (χ0) is 8.58. The average Bonchev–Trinajstić information content (AvgIpc) is 1.62. The van der Waals surface area contributed by atoms with Gasteiger partial charge in [0.25, 0.3) is 0 Å². The Hall–Kier alpha value is 0.167. The van der Waals surface area contributed by atoms with Gasteiger partial charge in [0, 0.05) is 0 Å². The Balaban J connectivity index is 0. The smallest absolute Gasteiger partial charge is 0.544 e. The van der Waals surface area contributed by atoms with Crippen LogP contribution in [0.15, 0.2) is 0 Å². The van der Waals surface area contributed by atoms with Crippen LogP contribution in [0.2, 0.25) is 0 Å². The Bertz CT molecular complexity index is 249. The minimum Gasteiger partial charge on any atom is -0.544 e. The van der Waals surface area contributed by atoms with Crippen molar-refractivity contribution in [2.45, 2.75) is 4.46 Å². The number of aliphatic carboxylic acids is 1. The summed E-state index contributed by atoms with van der Waals surface area (Å²) in [6.45, 7) is 0. The van der Waals surface area contributed by atoms with Gasteiger partial charge in [-0.2, -0.15) is 12.8 Å². The molecule has 9 heteroatoms. The van der Waals surface area contributed by atoms with Crippen LogP contribution in [0, 0.1) is 0 Å². The molecule has 0 saturated heterocycles. The predicted octanol–water partition coefficient (Wildman–Crippen LogP) is -4.10. The van der Waals surface area contributed by atoms with E-state index in [9.17, 15) is 26.6 Å². The molecule has 0 aromatic heterocycles. The first-order chi connectivity index (χ1) is 4.19. The van der Waals surface area contributed by atoms with Gasteiger partial charge in [-0.1, -0.05) is 11.6 Å². The number of carbonyl (C=O) groups excluding carboxylic acids is 1. The first-order valence-corrected chi connectivity index (χ1v) is 3.49. The van der Waals surface area contributed by atoms with Gasteiger partial charge in [-0.15, -0.1) is 3.89 Å². The van der Waals surface area contributed by atoms with Crippen LogP contribution < -0.4 is 24.0 Å². The second kappa shape index (κ2) is 3.71. The fourth-order valence-corrected chi connectivity index (χ4v) is 0.299. The Labute approximate surface area is 77.9 Å². The maximum absolute atomic E-state index is 11.9. The van der Waals surface area contributed by atoms with E-state index in [0.29, 0.717) is 0 Å². The van der Waals surface area contributed by atoms with Crippen molar-refractivity contribution in [2.24, 2.45) is 0 Å². The molecule has 0 bridgehead atoms. The Morgan fingerprint density at radius 3 is 1.82 bits per heavy atom. The standard InChI is InChI=1S/C2HClF2O4S.Li/c3-2(4,1(6)7)10(5,8)9;/h(H,6,7);/q;+1/p-1. The first-order valence-electron chi connectivity index (χ1n) is 1.73. The van der Waals surface area contributed by atoms with E-state index in [2.05, 4.69) is 11.6 Å². The van der Waals surface area contributed by atoms with Gasteiger partial charge in [0.1, 0.15) is 5.97 Å². The number of carboxylic acids is 1. The summed E-state index contributed by atoms with van der Waals surface area (Å²) in [7, 11) is -5.96. The van der Waals surface area contributed by atoms with Gasteiger partial charge in [0.15, 0.2) is 0 Å². The molecule has 0 N–H and O–H groups in total. The van der Waals surface area contributed by atoms with Crippen LogP contribution in [0.1, 0.15) is 0 Å². The summed E-state index contributed by atoms with van der Waals surface area (Å²) in [5.41, 5.74) is 0. The van der Waals surface area contributed by atoms with E-state index in [-0.39, 0.29) is 18.9 Å². The normalized spacial score (nSPS) is 16.3. The van der Waals surface area contributed by atoms with Gasteiger partial charge < -0.3 is 9.90 Å². The van der Waals surface area contributed by atoms with E-state index in [0.717, 1.165) is 0 Å². The molecule has 0 fully saturated rings. The van der Waals surface area contributed by atoms with Crippen LogP contribution in [0.3, 0.4) is 0 Å². The minimum atomic E-state index is -5.96. The van der Waals surface area contributed by atoms with Crippen LogP contribution in [0.5, 0.6) is 0 Å². The molecule has 60 valence electrons. The average molecular weight is 200 g/mol. The number of hydrogen-bond donors (Lipinski definition) is 0. The molecule has 0 aromatic carbocycles. The fourth-order valence-electron chi connectivity index (χ4n) is 0.0995. The number of carboxylic acid groups (broad SMARTS) is 1. The zero-order valence-electron chi connectivity index (χ0n) is 5.18. The fraction of sp³-hybridized carbons (Fsp3) is 0.500. The van der Waals surface area contributed by atoms with E-state index in [1.165, 1.54) is 0 Å². The molecule has 0 spiro atoms. The number of hydrogen-bond acceptors (Lipinski definition) is 4.